The number of benzene rings is 1. The predicted molar refractivity (Wildman–Crippen MR) is 64.0 cm³/mol. The molecule has 0 spiro atoms. The maximum Gasteiger partial charge on any atom is 0.322 e. The minimum Gasteiger partial charge on any atom is -0.349 e. The van der Waals surface area contributed by atoms with Crippen LogP contribution in [-0.2, 0) is 4.79 Å². The Morgan fingerprint density at radius 3 is 2.50 bits per heavy atom. The van der Waals surface area contributed by atoms with E-state index >= 15 is 0 Å². The molecule has 2 rings (SSSR count). The first-order chi connectivity index (χ1) is 8.56. The van der Waals surface area contributed by atoms with Crippen LogP contribution in [0.25, 0.3) is 0 Å². The van der Waals surface area contributed by atoms with E-state index in [9.17, 15) is 14.4 Å². The lowest BCUT2D eigenvalue weighted by Crippen LogP contribution is -2.41. The molecule has 6 heteroatoms. The quantitative estimate of drug-likeness (QED) is 0.653. The summed E-state index contributed by atoms with van der Waals surface area (Å²) < 4.78 is 0. The molecule has 0 aromatic heterocycles. The summed E-state index contributed by atoms with van der Waals surface area (Å²) in [4.78, 5) is 33.8. The molecular formula is C12H13N3O3. The van der Waals surface area contributed by atoms with Crippen molar-refractivity contribution in [3.05, 3.63) is 35.4 Å². The van der Waals surface area contributed by atoms with Gasteiger partial charge in [0.1, 0.15) is 6.04 Å². The minimum atomic E-state index is -0.702. The number of urea groups is 1. The number of hydrogen-bond acceptors (Lipinski definition) is 3. The van der Waals surface area contributed by atoms with Gasteiger partial charge in [-0.3, -0.25) is 14.9 Å². The number of amides is 4. The lowest BCUT2D eigenvalue weighted by atomic mass is 10.1. The van der Waals surface area contributed by atoms with Crippen molar-refractivity contribution in [2.45, 2.75) is 13.0 Å². The van der Waals surface area contributed by atoms with Crippen molar-refractivity contribution in [1.29, 1.82) is 0 Å². The fraction of sp³-hybridized carbons (Fsp3) is 0.250. The van der Waals surface area contributed by atoms with E-state index in [1.54, 1.807) is 12.1 Å². The van der Waals surface area contributed by atoms with Crippen LogP contribution in [0.3, 0.4) is 0 Å². The highest BCUT2D eigenvalue weighted by atomic mass is 16.2. The smallest absolute Gasteiger partial charge is 0.322 e. The molecular weight excluding hydrogens is 234 g/mol. The van der Waals surface area contributed by atoms with Crippen molar-refractivity contribution in [2.75, 3.05) is 6.54 Å². The summed E-state index contributed by atoms with van der Waals surface area (Å²) in [6.45, 7) is 2.00. The van der Waals surface area contributed by atoms with Crippen molar-refractivity contribution >= 4 is 17.8 Å². The topological polar surface area (TPSA) is 87.3 Å². The minimum absolute atomic E-state index is 0.0737. The molecule has 0 aliphatic carbocycles. The van der Waals surface area contributed by atoms with E-state index in [1.165, 1.54) is 0 Å². The number of rotatable bonds is 3. The molecule has 1 heterocycles. The van der Waals surface area contributed by atoms with Gasteiger partial charge in [-0.05, 0) is 19.1 Å². The number of hydrogen-bond donors (Lipinski definition) is 3. The molecule has 0 radical (unpaired) electrons. The van der Waals surface area contributed by atoms with Crippen LogP contribution in [0.5, 0.6) is 0 Å². The highest BCUT2D eigenvalue weighted by Crippen LogP contribution is 2.03. The largest absolute Gasteiger partial charge is 0.349 e. The van der Waals surface area contributed by atoms with Crippen molar-refractivity contribution in [2.24, 2.45) is 0 Å². The Morgan fingerprint density at radius 2 is 1.94 bits per heavy atom. The third kappa shape index (κ3) is 2.65. The van der Waals surface area contributed by atoms with E-state index < -0.39 is 18.0 Å². The normalized spacial score (nSPS) is 18.2. The molecule has 1 atom stereocenters. The third-order valence-corrected chi connectivity index (χ3v) is 2.64. The summed E-state index contributed by atoms with van der Waals surface area (Å²) in [7, 11) is 0. The molecule has 1 aromatic rings. The Bertz CT molecular complexity index is 496. The van der Waals surface area contributed by atoms with Gasteiger partial charge in [0, 0.05) is 12.1 Å². The highest BCUT2D eigenvalue weighted by molar-refractivity contribution is 6.04. The second kappa shape index (κ2) is 4.87. The summed E-state index contributed by atoms with van der Waals surface area (Å²) >= 11 is 0. The molecule has 1 saturated heterocycles. The summed E-state index contributed by atoms with van der Waals surface area (Å²) in [6.07, 6.45) is 0. The van der Waals surface area contributed by atoms with E-state index in [2.05, 4.69) is 16.0 Å². The lowest BCUT2D eigenvalue weighted by Gasteiger charge is -2.09. The zero-order chi connectivity index (χ0) is 13.1. The average molecular weight is 247 g/mol. The number of nitrogens with one attached hydrogen (secondary N) is 3. The van der Waals surface area contributed by atoms with Gasteiger partial charge in [0.15, 0.2) is 0 Å². The number of imide groups is 1. The summed E-state index contributed by atoms with van der Waals surface area (Å²) in [6, 6.07) is 5.84. The number of aryl methyl sites for hydroxylation is 1. The molecule has 4 amide bonds. The van der Waals surface area contributed by atoms with Gasteiger partial charge < -0.3 is 10.6 Å². The fourth-order valence-corrected chi connectivity index (χ4v) is 1.60. The lowest BCUT2D eigenvalue weighted by molar-refractivity contribution is -0.120. The Labute approximate surface area is 104 Å². The first-order valence-electron chi connectivity index (χ1n) is 5.52. The molecule has 94 valence electrons. The van der Waals surface area contributed by atoms with Crippen LogP contribution in [0.4, 0.5) is 4.79 Å². The van der Waals surface area contributed by atoms with Gasteiger partial charge in [-0.15, -0.1) is 0 Å². The van der Waals surface area contributed by atoms with Crippen LogP contribution < -0.4 is 16.0 Å². The standard InChI is InChI=1S/C12H13N3O3/c1-7-2-4-8(5-3-7)10(16)13-6-9-11(17)15-12(18)14-9/h2-5,9H,6H2,1H3,(H,13,16)(H2,14,15,17,18). The van der Waals surface area contributed by atoms with E-state index in [4.69, 9.17) is 0 Å². The predicted octanol–water partition coefficient (Wildman–Crippen LogP) is -0.0672. The summed E-state index contributed by atoms with van der Waals surface area (Å²) in [5.74, 6) is -0.701. The molecule has 3 N–H and O–H groups in total. The van der Waals surface area contributed by atoms with Crippen molar-refractivity contribution in [3.63, 3.8) is 0 Å². The van der Waals surface area contributed by atoms with Crippen LogP contribution in [-0.4, -0.2) is 30.4 Å². The van der Waals surface area contributed by atoms with Gasteiger partial charge in [0.05, 0.1) is 0 Å². The molecule has 1 fully saturated rings. The Kier molecular flexibility index (Phi) is 3.27. The highest BCUT2D eigenvalue weighted by Gasteiger charge is 2.29. The fourth-order valence-electron chi connectivity index (χ4n) is 1.60. The van der Waals surface area contributed by atoms with Gasteiger partial charge in [0.2, 0.25) is 0 Å². The monoisotopic (exact) mass is 247 g/mol. The van der Waals surface area contributed by atoms with Gasteiger partial charge in [0.25, 0.3) is 11.8 Å². The second-order valence-corrected chi connectivity index (χ2v) is 4.09. The van der Waals surface area contributed by atoms with Crippen LogP contribution in [0.15, 0.2) is 24.3 Å². The first-order valence-corrected chi connectivity index (χ1v) is 5.52. The maximum atomic E-state index is 11.7. The van der Waals surface area contributed by atoms with Crippen molar-refractivity contribution in [3.8, 4) is 0 Å². The third-order valence-electron chi connectivity index (χ3n) is 2.64. The Morgan fingerprint density at radius 1 is 1.28 bits per heavy atom. The van der Waals surface area contributed by atoms with Crippen LogP contribution in [0.1, 0.15) is 15.9 Å². The molecule has 1 aliphatic heterocycles. The van der Waals surface area contributed by atoms with Gasteiger partial charge in [-0.2, -0.15) is 0 Å². The number of carbonyl (C=O) groups is 3. The Hall–Kier alpha value is -2.37. The van der Waals surface area contributed by atoms with Gasteiger partial charge in [-0.25, -0.2) is 4.79 Å². The van der Waals surface area contributed by atoms with Gasteiger partial charge >= 0.3 is 6.03 Å². The molecule has 1 aliphatic rings. The molecule has 0 bridgehead atoms. The van der Waals surface area contributed by atoms with E-state index in [1.807, 2.05) is 19.1 Å². The van der Waals surface area contributed by atoms with E-state index in [0.717, 1.165) is 5.56 Å². The molecule has 1 unspecified atom stereocenters. The second-order valence-electron chi connectivity index (χ2n) is 4.09. The van der Waals surface area contributed by atoms with Crippen LogP contribution >= 0.6 is 0 Å². The zero-order valence-corrected chi connectivity index (χ0v) is 9.82. The van der Waals surface area contributed by atoms with E-state index in [-0.39, 0.29) is 12.5 Å². The van der Waals surface area contributed by atoms with Crippen molar-refractivity contribution < 1.29 is 14.4 Å². The van der Waals surface area contributed by atoms with Crippen molar-refractivity contribution in [1.82, 2.24) is 16.0 Å². The summed E-state index contributed by atoms with van der Waals surface area (Å²) in [5, 5.41) is 7.10. The average Bonchev–Trinajstić information content (AvgIpc) is 2.66. The zero-order valence-electron chi connectivity index (χ0n) is 9.82. The first kappa shape index (κ1) is 12.1. The van der Waals surface area contributed by atoms with Crippen LogP contribution in [0, 0.1) is 6.92 Å². The molecule has 1 aromatic carbocycles. The molecule has 6 nitrogen and oxygen atoms in total. The Balaban J connectivity index is 1.90. The van der Waals surface area contributed by atoms with Crippen LogP contribution in [0.2, 0.25) is 0 Å². The van der Waals surface area contributed by atoms with Gasteiger partial charge in [-0.1, -0.05) is 17.7 Å². The van der Waals surface area contributed by atoms with E-state index in [0.29, 0.717) is 5.56 Å². The SMILES string of the molecule is Cc1ccc(C(=O)NCC2NC(=O)NC2=O)cc1. The maximum absolute atomic E-state index is 11.7. The molecule has 18 heavy (non-hydrogen) atoms. The number of carbonyl (C=O) groups excluding carboxylic acids is 3. The molecule has 0 saturated carbocycles. The summed E-state index contributed by atoms with van der Waals surface area (Å²) in [5.41, 5.74) is 1.58.